The number of benzene rings is 1. The van der Waals surface area contributed by atoms with Crippen LogP contribution in [0.4, 0.5) is 0 Å². The maximum Gasteiger partial charge on any atom is 0.115 e. The van der Waals surface area contributed by atoms with Crippen LogP contribution in [0.25, 0.3) is 0 Å². The maximum atomic E-state index is 9.89. The van der Waals surface area contributed by atoms with Crippen LogP contribution >= 0.6 is 0 Å². The van der Waals surface area contributed by atoms with Crippen LogP contribution in [0.15, 0.2) is 18.2 Å². The molecule has 0 spiro atoms. The van der Waals surface area contributed by atoms with Gasteiger partial charge in [0.25, 0.3) is 0 Å². The van der Waals surface area contributed by atoms with Gasteiger partial charge in [-0.15, -0.1) is 0 Å². The van der Waals surface area contributed by atoms with E-state index in [0.717, 1.165) is 18.9 Å². The summed E-state index contributed by atoms with van der Waals surface area (Å²) in [5.74, 6) is 1.15. The van der Waals surface area contributed by atoms with Crippen molar-refractivity contribution in [2.45, 2.75) is 57.4 Å². The highest BCUT2D eigenvalue weighted by molar-refractivity contribution is 5.44. The molecule has 1 saturated heterocycles. The van der Waals surface area contributed by atoms with E-state index in [4.69, 9.17) is 0 Å². The predicted octanol–water partition coefficient (Wildman–Crippen LogP) is 3.37. The summed E-state index contributed by atoms with van der Waals surface area (Å²) in [4.78, 5) is 0. The van der Waals surface area contributed by atoms with Crippen LogP contribution in [0.5, 0.6) is 5.75 Å². The number of rotatable bonds is 2. The molecule has 2 aliphatic rings. The molecule has 2 heteroatoms. The van der Waals surface area contributed by atoms with Crippen molar-refractivity contribution in [2.24, 2.45) is 5.92 Å². The fraction of sp³-hybridized carbons (Fsp3) is 0.647. The highest BCUT2D eigenvalue weighted by atomic mass is 16.3. The number of phenols is 1. The van der Waals surface area contributed by atoms with E-state index in [9.17, 15) is 5.11 Å². The van der Waals surface area contributed by atoms with Gasteiger partial charge in [-0.05, 0) is 73.2 Å². The molecule has 0 bridgehead atoms. The molecule has 1 heterocycles. The van der Waals surface area contributed by atoms with E-state index in [1.165, 1.54) is 36.8 Å². The average Bonchev–Trinajstić information content (AvgIpc) is 2.45. The monoisotopic (exact) mass is 259 g/mol. The first kappa shape index (κ1) is 13.0. The van der Waals surface area contributed by atoms with Gasteiger partial charge in [0.2, 0.25) is 0 Å². The molecule has 1 aromatic carbocycles. The Morgan fingerprint density at radius 3 is 2.84 bits per heavy atom. The van der Waals surface area contributed by atoms with Crippen LogP contribution in [0.2, 0.25) is 0 Å². The van der Waals surface area contributed by atoms with Gasteiger partial charge in [-0.2, -0.15) is 0 Å². The molecule has 2 N–H and O–H groups in total. The van der Waals surface area contributed by atoms with Gasteiger partial charge >= 0.3 is 0 Å². The molecule has 1 aromatic rings. The molecule has 3 rings (SSSR count). The molecule has 2 nitrogen and oxygen atoms in total. The number of aromatic hydroxyl groups is 1. The summed E-state index contributed by atoms with van der Waals surface area (Å²) in [7, 11) is 0. The SMILES string of the molecule is CCC1(CC)c2cc(O)ccc2CC2NCCCC21. The third-order valence-electron chi connectivity index (χ3n) is 5.63. The highest BCUT2D eigenvalue weighted by Gasteiger charge is 2.46. The van der Waals surface area contributed by atoms with Crippen molar-refractivity contribution in [2.75, 3.05) is 6.54 Å². The van der Waals surface area contributed by atoms with E-state index >= 15 is 0 Å². The summed E-state index contributed by atoms with van der Waals surface area (Å²) in [5, 5.41) is 13.6. The van der Waals surface area contributed by atoms with Crippen LogP contribution in [-0.2, 0) is 11.8 Å². The molecule has 0 saturated carbocycles. The Morgan fingerprint density at radius 2 is 2.11 bits per heavy atom. The fourth-order valence-corrected chi connectivity index (χ4v) is 4.63. The Morgan fingerprint density at radius 1 is 1.32 bits per heavy atom. The van der Waals surface area contributed by atoms with Crippen molar-refractivity contribution < 1.29 is 5.11 Å². The van der Waals surface area contributed by atoms with Gasteiger partial charge in [-0.1, -0.05) is 19.9 Å². The Bertz CT molecular complexity index is 464. The summed E-state index contributed by atoms with van der Waals surface area (Å²) >= 11 is 0. The first-order valence-corrected chi connectivity index (χ1v) is 7.77. The van der Waals surface area contributed by atoms with E-state index in [2.05, 4.69) is 25.2 Å². The van der Waals surface area contributed by atoms with E-state index in [0.29, 0.717) is 11.8 Å². The smallest absolute Gasteiger partial charge is 0.115 e. The van der Waals surface area contributed by atoms with Crippen LogP contribution in [-0.4, -0.2) is 17.7 Å². The Hall–Kier alpha value is -1.02. The molecular formula is C17H25NO. The molecule has 0 aromatic heterocycles. The second kappa shape index (κ2) is 4.82. The van der Waals surface area contributed by atoms with Gasteiger partial charge < -0.3 is 10.4 Å². The first-order valence-electron chi connectivity index (χ1n) is 7.77. The zero-order chi connectivity index (χ0) is 13.5. The highest BCUT2D eigenvalue weighted by Crippen LogP contribution is 2.49. The Kier molecular flexibility index (Phi) is 3.30. The fourth-order valence-electron chi connectivity index (χ4n) is 4.63. The lowest BCUT2D eigenvalue weighted by molar-refractivity contribution is 0.131. The van der Waals surface area contributed by atoms with Crippen LogP contribution in [0.1, 0.15) is 50.7 Å². The largest absolute Gasteiger partial charge is 0.508 e. The van der Waals surface area contributed by atoms with Crippen molar-refractivity contribution in [1.29, 1.82) is 0 Å². The lowest BCUT2D eigenvalue weighted by Gasteiger charge is -2.51. The number of piperidine rings is 1. The van der Waals surface area contributed by atoms with Gasteiger partial charge in [0, 0.05) is 6.04 Å². The third kappa shape index (κ3) is 1.88. The van der Waals surface area contributed by atoms with Gasteiger partial charge in [0.05, 0.1) is 0 Å². The Balaban J connectivity index is 2.14. The molecule has 0 radical (unpaired) electrons. The second-order valence-electron chi connectivity index (χ2n) is 6.22. The topological polar surface area (TPSA) is 32.3 Å². The molecule has 104 valence electrons. The summed E-state index contributed by atoms with van der Waals surface area (Å²) in [6.45, 7) is 5.79. The van der Waals surface area contributed by atoms with Gasteiger partial charge in [0.15, 0.2) is 0 Å². The van der Waals surface area contributed by atoms with Gasteiger partial charge in [-0.25, -0.2) is 0 Å². The summed E-state index contributed by atoms with van der Waals surface area (Å²) in [6, 6.07) is 6.65. The zero-order valence-corrected chi connectivity index (χ0v) is 12.1. The van der Waals surface area contributed by atoms with Crippen LogP contribution < -0.4 is 5.32 Å². The van der Waals surface area contributed by atoms with Crippen molar-refractivity contribution in [3.63, 3.8) is 0 Å². The third-order valence-corrected chi connectivity index (χ3v) is 5.63. The molecule has 0 amide bonds. The number of phenolic OH excluding ortho intramolecular Hbond substituents is 1. The summed E-state index contributed by atoms with van der Waals surface area (Å²) in [5.41, 5.74) is 3.12. The minimum absolute atomic E-state index is 0.254. The van der Waals surface area contributed by atoms with Gasteiger partial charge in [-0.3, -0.25) is 0 Å². The van der Waals surface area contributed by atoms with E-state index < -0.39 is 0 Å². The van der Waals surface area contributed by atoms with Gasteiger partial charge in [0.1, 0.15) is 5.75 Å². The molecule has 2 unspecified atom stereocenters. The molecular weight excluding hydrogens is 234 g/mol. The van der Waals surface area contributed by atoms with Crippen molar-refractivity contribution in [3.8, 4) is 5.75 Å². The van der Waals surface area contributed by atoms with Crippen molar-refractivity contribution in [3.05, 3.63) is 29.3 Å². The standard InChI is InChI=1S/C17H25NO/c1-3-17(4-2)14-6-5-9-18-16(14)10-12-7-8-13(19)11-15(12)17/h7-8,11,14,16,18-19H,3-6,9-10H2,1-2H3. The molecule has 19 heavy (non-hydrogen) atoms. The minimum atomic E-state index is 0.254. The molecule has 2 atom stereocenters. The van der Waals surface area contributed by atoms with Crippen LogP contribution in [0, 0.1) is 5.92 Å². The first-order chi connectivity index (χ1) is 9.21. The normalized spacial score (nSPS) is 28.5. The number of hydrogen-bond acceptors (Lipinski definition) is 2. The quantitative estimate of drug-likeness (QED) is 0.853. The molecule has 1 aliphatic heterocycles. The predicted molar refractivity (Wildman–Crippen MR) is 78.6 cm³/mol. The minimum Gasteiger partial charge on any atom is -0.508 e. The number of nitrogens with one attached hydrogen (secondary N) is 1. The molecule has 1 fully saturated rings. The van der Waals surface area contributed by atoms with Crippen molar-refractivity contribution >= 4 is 0 Å². The zero-order valence-electron chi connectivity index (χ0n) is 12.1. The summed E-state index contributed by atoms with van der Waals surface area (Å²) in [6.07, 6.45) is 6.08. The lowest BCUT2D eigenvalue weighted by Crippen LogP contribution is -2.55. The van der Waals surface area contributed by atoms with Crippen LogP contribution in [0.3, 0.4) is 0 Å². The van der Waals surface area contributed by atoms with E-state index in [1.54, 1.807) is 0 Å². The Labute approximate surface area is 116 Å². The van der Waals surface area contributed by atoms with E-state index in [-0.39, 0.29) is 5.41 Å². The molecule has 1 aliphatic carbocycles. The van der Waals surface area contributed by atoms with E-state index in [1.807, 2.05) is 12.1 Å². The number of hydrogen-bond donors (Lipinski definition) is 2. The second-order valence-corrected chi connectivity index (χ2v) is 6.22. The average molecular weight is 259 g/mol. The summed E-state index contributed by atoms with van der Waals surface area (Å²) < 4.78 is 0. The number of fused-ring (bicyclic) bond motifs is 2. The maximum absolute atomic E-state index is 9.89. The lowest BCUT2D eigenvalue weighted by atomic mass is 9.57. The van der Waals surface area contributed by atoms with Crippen molar-refractivity contribution in [1.82, 2.24) is 5.32 Å².